The molecule has 6 heteroatoms. The van der Waals surface area contributed by atoms with Gasteiger partial charge in [-0.25, -0.2) is 0 Å². The van der Waals surface area contributed by atoms with Gasteiger partial charge in [0.05, 0.1) is 13.2 Å². The van der Waals surface area contributed by atoms with Gasteiger partial charge in [0.15, 0.2) is 5.96 Å². The lowest BCUT2D eigenvalue weighted by Crippen LogP contribution is -2.47. The standard InChI is InChI=1S/C20H34N4O2/c1-17(24-11-9-18-7-4-5-8-19(18)16-24)15-23-20(21-2)22-10-6-12-26-14-13-25-3/h4-5,7-8,17H,6,9-16H2,1-3H3,(H2,21,22,23). The number of hydrogen-bond acceptors (Lipinski definition) is 4. The number of rotatable bonds is 10. The van der Waals surface area contributed by atoms with Crippen molar-refractivity contribution in [3.63, 3.8) is 0 Å². The fourth-order valence-electron chi connectivity index (χ4n) is 3.11. The van der Waals surface area contributed by atoms with Crippen LogP contribution in [0.2, 0.25) is 0 Å². The fraction of sp³-hybridized carbons (Fsp3) is 0.650. The van der Waals surface area contributed by atoms with Gasteiger partial charge in [0.25, 0.3) is 0 Å². The lowest BCUT2D eigenvalue weighted by Gasteiger charge is -2.34. The van der Waals surface area contributed by atoms with Crippen molar-refractivity contribution in [1.29, 1.82) is 0 Å². The van der Waals surface area contributed by atoms with Crippen molar-refractivity contribution < 1.29 is 9.47 Å². The van der Waals surface area contributed by atoms with E-state index < -0.39 is 0 Å². The van der Waals surface area contributed by atoms with Crippen LogP contribution in [-0.4, -0.2) is 70.5 Å². The van der Waals surface area contributed by atoms with E-state index in [9.17, 15) is 0 Å². The predicted molar refractivity (Wildman–Crippen MR) is 107 cm³/mol. The Morgan fingerprint density at radius 1 is 1.19 bits per heavy atom. The third kappa shape index (κ3) is 6.94. The topological polar surface area (TPSA) is 58.1 Å². The number of guanidine groups is 1. The Morgan fingerprint density at radius 2 is 2.00 bits per heavy atom. The van der Waals surface area contributed by atoms with Gasteiger partial charge >= 0.3 is 0 Å². The lowest BCUT2D eigenvalue weighted by molar-refractivity contribution is 0.0698. The van der Waals surface area contributed by atoms with Gasteiger partial charge in [0.1, 0.15) is 0 Å². The van der Waals surface area contributed by atoms with Crippen molar-refractivity contribution in [2.75, 3.05) is 53.6 Å². The first-order valence-corrected chi connectivity index (χ1v) is 9.56. The summed E-state index contributed by atoms with van der Waals surface area (Å²) in [5.41, 5.74) is 2.95. The molecule has 0 bridgehead atoms. The van der Waals surface area contributed by atoms with E-state index in [4.69, 9.17) is 9.47 Å². The molecule has 0 saturated carbocycles. The fourth-order valence-corrected chi connectivity index (χ4v) is 3.11. The Kier molecular flexibility index (Phi) is 9.45. The number of nitrogens with zero attached hydrogens (tertiary/aromatic N) is 2. The first-order valence-electron chi connectivity index (χ1n) is 9.56. The molecule has 0 aromatic heterocycles. The minimum absolute atomic E-state index is 0.458. The highest BCUT2D eigenvalue weighted by Crippen LogP contribution is 2.19. The molecule has 0 radical (unpaired) electrons. The van der Waals surface area contributed by atoms with E-state index >= 15 is 0 Å². The first-order chi connectivity index (χ1) is 12.7. The van der Waals surface area contributed by atoms with Gasteiger partial charge in [-0.3, -0.25) is 9.89 Å². The van der Waals surface area contributed by atoms with E-state index in [1.54, 1.807) is 7.11 Å². The monoisotopic (exact) mass is 362 g/mol. The summed E-state index contributed by atoms with van der Waals surface area (Å²) in [5.74, 6) is 0.853. The van der Waals surface area contributed by atoms with Crippen LogP contribution in [0.3, 0.4) is 0 Å². The Hall–Kier alpha value is -1.63. The van der Waals surface area contributed by atoms with Crippen molar-refractivity contribution in [2.45, 2.75) is 32.4 Å². The maximum absolute atomic E-state index is 5.46. The molecule has 146 valence electrons. The maximum Gasteiger partial charge on any atom is 0.191 e. The smallest absolute Gasteiger partial charge is 0.191 e. The Morgan fingerprint density at radius 3 is 2.77 bits per heavy atom. The van der Waals surface area contributed by atoms with Gasteiger partial charge in [-0.2, -0.15) is 0 Å². The van der Waals surface area contributed by atoms with Crippen molar-refractivity contribution >= 4 is 5.96 Å². The molecule has 1 aliphatic rings. The average molecular weight is 363 g/mol. The summed E-state index contributed by atoms with van der Waals surface area (Å²) in [6.45, 7) is 8.18. The van der Waals surface area contributed by atoms with Crippen LogP contribution in [0, 0.1) is 0 Å². The number of methoxy groups -OCH3 is 1. The minimum Gasteiger partial charge on any atom is -0.382 e. The van der Waals surface area contributed by atoms with E-state index in [1.165, 1.54) is 11.1 Å². The molecule has 0 spiro atoms. The van der Waals surface area contributed by atoms with Gasteiger partial charge in [-0.15, -0.1) is 0 Å². The molecule has 1 aromatic carbocycles. The third-order valence-electron chi connectivity index (χ3n) is 4.76. The number of benzene rings is 1. The van der Waals surface area contributed by atoms with Crippen LogP contribution in [0.4, 0.5) is 0 Å². The number of nitrogens with one attached hydrogen (secondary N) is 2. The zero-order valence-corrected chi connectivity index (χ0v) is 16.5. The highest BCUT2D eigenvalue weighted by atomic mass is 16.5. The van der Waals surface area contributed by atoms with Crippen molar-refractivity contribution in [3.05, 3.63) is 35.4 Å². The largest absolute Gasteiger partial charge is 0.382 e. The minimum atomic E-state index is 0.458. The van der Waals surface area contributed by atoms with Crippen LogP contribution in [-0.2, 0) is 22.4 Å². The molecule has 2 N–H and O–H groups in total. The second kappa shape index (κ2) is 11.9. The molecule has 6 nitrogen and oxygen atoms in total. The second-order valence-electron chi connectivity index (χ2n) is 6.68. The van der Waals surface area contributed by atoms with Gasteiger partial charge in [0.2, 0.25) is 0 Å². The normalized spacial score (nSPS) is 16.2. The molecular weight excluding hydrogens is 328 g/mol. The van der Waals surface area contributed by atoms with Gasteiger partial charge in [0, 0.05) is 53.0 Å². The molecular formula is C20H34N4O2. The summed E-state index contributed by atoms with van der Waals surface area (Å²) >= 11 is 0. The van der Waals surface area contributed by atoms with E-state index in [0.29, 0.717) is 19.3 Å². The quantitative estimate of drug-likeness (QED) is 0.377. The second-order valence-corrected chi connectivity index (χ2v) is 6.68. The van der Waals surface area contributed by atoms with Crippen molar-refractivity contribution in [1.82, 2.24) is 15.5 Å². The van der Waals surface area contributed by atoms with Crippen LogP contribution >= 0.6 is 0 Å². The third-order valence-corrected chi connectivity index (χ3v) is 4.76. The number of hydrogen-bond donors (Lipinski definition) is 2. The number of fused-ring (bicyclic) bond motifs is 1. The van der Waals surface area contributed by atoms with Gasteiger partial charge in [-0.05, 0) is 30.9 Å². The highest BCUT2D eigenvalue weighted by molar-refractivity contribution is 5.79. The van der Waals surface area contributed by atoms with E-state index in [-0.39, 0.29) is 0 Å². The van der Waals surface area contributed by atoms with Crippen molar-refractivity contribution in [2.24, 2.45) is 4.99 Å². The first kappa shape index (κ1) is 20.7. The molecule has 26 heavy (non-hydrogen) atoms. The predicted octanol–water partition coefficient (Wildman–Crippen LogP) is 1.65. The Labute approximate surface area is 158 Å². The summed E-state index contributed by atoms with van der Waals surface area (Å²) in [4.78, 5) is 6.84. The molecule has 1 unspecified atom stereocenters. The van der Waals surface area contributed by atoms with E-state index in [2.05, 4.69) is 51.7 Å². The number of aliphatic imine (C=N–C) groups is 1. The molecule has 1 heterocycles. The highest BCUT2D eigenvalue weighted by Gasteiger charge is 2.20. The maximum atomic E-state index is 5.46. The molecule has 1 atom stereocenters. The van der Waals surface area contributed by atoms with Crippen molar-refractivity contribution in [3.8, 4) is 0 Å². The molecule has 0 aliphatic carbocycles. The summed E-state index contributed by atoms with van der Waals surface area (Å²) in [6, 6.07) is 9.23. The Balaban J connectivity index is 1.63. The molecule has 1 aliphatic heterocycles. The van der Waals surface area contributed by atoms with Gasteiger partial charge < -0.3 is 20.1 Å². The van der Waals surface area contributed by atoms with Crippen LogP contribution in [0.15, 0.2) is 29.3 Å². The summed E-state index contributed by atoms with van der Waals surface area (Å²) in [6.07, 6.45) is 2.08. The molecule has 0 fully saturated rings. The zero-order valence-electron chi connectivity index (χ0n) is 16.5. The van der Waals surface area contributed by atoms with Crippen LogP contribution in [0.25, 0.3) is 0 Å². The number of ether oxygens (including phenoxy) is 2. The Bertz CT molecular complexity index is 550. The van der Waals surface area contributed by atoms with Gasteiger partial charge in [-0.1, -0.05) is 24.3 Å². The molecule has 0 saturated heterocycles. The van der Waals surface area contributed by atoms with E-state index in [1.807, 2.05) is 7.05 Å². The SMILES string of the molecule is CN=C(NCCCOCCOC)NCC(C)N1CCc2ccccc2C1. The zero-order chi connectivity index (χ0) is 18.6. The lowest BCUT2D eigenvalue weighted by atomic mass is 9.99. The molecule has 2 rings (SSSR count). The molecule has 0 amide bonds. The summed E-state index contributed by atoms with van der Waals surface area (Å²) in [5, 5.41) is 6.78. The summed E-state index contributed by atoms with van der Waals surface area (Å²) in [7, 11) is 3.50. The average Bonchev–Trinajstić information content (AvgIpc) is 2.69. The van der Waals surface area contributed by atoms with Crippen LogP contribution < -0.4 is 10.6 Å². The van der Waals surface area contributed by atoms with Crippen LogP contribution in [0.1, 0.15) is 24.5 Å². The molecule has 1 aromatic rings. The van der Waals surface area contributed by atoms with E-state index in [0.717, 1.165) is 51.6 Å². The summed E-state index contributed by atoms with van der Waals surface area (Å²) < 4.78 is 10.4. The van der Waals surface area contributed by atoms with Crippen LogP contribution in [0.5, 0.6) is 0 Å².